The Bertz CT molecular complexity index is 736. The number of rotatable bonds is 3. The van der Waals surface area contributed by atoms with E-state index in [2.05, 4.69) is 15.3 Å². The second-order valence-electron chi connectivity index (χ2n) is 7.44. The van der Waals surface area contributed by atoms with Crippen molar-refractivity contribution >= 4 is 22.8 Å². The summed E-state index contributed by atoms with van der Waals surface area (Å²) < 4.78 is 5.56. The largest absolute Gasteiger partial charge is 0.444 e. The Kier molecular flexibility index (Phi) is 5.06. The molecule has 25 heavy (non-hydrogen) atoms. The van der Waals surface area contributed by atoms with E-state index in [1.165, 1.54) is 0 Å². The van der Waals surface area contributed by atoms with E-state index >= 15 is 0 Å². The van der Waals surface area contributed by atoms with E-state index in [-0.39, 0.29) is 12.1 Å². The fourth-order valence-electron chi connectivity index (χ4n) is 3.13. The van der Waals surface area contributed by atoms with E-state index in [1.807, 2.05) is 49.9 Å². The lowest BCUT2D eigenvalue weighted by Crippen LogP contribution is -2.48. The highest BCUT2D eigenvalue weighted by Crippen LogP contribution is 2.23. The van der Waals surface area contributed by atoms with Crippen LogP contribution in [-0.2, 0) is 4.74 Å². The predicted octanol–water partition coefficient (Wildman–Crippen LogP) is 3.83. The van der Waals surface area contributed by atoms with Gasteiger partial charge in [0, 0.05) is 18.5 Å². The Balaban J connectivity index is 1.70. The number of carbonyl (C=O) groups excluding carboxylic acids is 1. The molecule has 1 saturated heterocycles. The van der Waals surface area contributed by atoms with E-state index in [0.717, 1.165) is 42.5 Å². The third-order valence-electron chi connectivity index (χ3n) is 4.30. The third kappa shape index (κ3) is 4.38. The fourth-order valence-corrected chi connectivity index (χ4v) is 3.13. The minimum Gasteiger partial charge on any atom is -0.444 e. The Morgan fingerprint density at radius 1 is 1.28 bits per heavy atom. The molecule has 1 aliphatic rings. The van der Waals surface area contributed by atoms with Crippen molar-refractivity contribution in [3.05, 3.63) is 30.6 Å². The summed E-state index contributed by atoms with van der Waals surface area (Å²) in [5, 5.41) is 4.39. The SMILES string of the molecule is CC(C)(C)OC(=O)N1CCCCC1CNc1ncnc2ccccc12. The van der Waals surface area contributed by atoms with Crippen LogP contribution in [0, 0.1) is 0 Å². The molecule has 1 aromatic carbocycles. The van der Waals surface area contributed by atoms with Crippen molar-refractivity contribution in [1.29, 1.82) is 0 Å². The Morgan fingerprint density at radius 3 is 2.88 bits per heavy atom. The van der Waals surface area contributed by atoms with Crippen molar-refractivity contribution in [3.63, 3.8) is 0 Å². The first-order valence-corrected chi connectivity index (χ1v) is 8.87. The van der Waals surface area contributed by atoms with Crippen molar-refractivity contribution in [2.75, 3.05) is 18.4 Å². The number of piperidine rings is 1. The summed E-state index contributed by atoms with van der Waals surface area (Å²) in [4.78, 5) is 23.0. The number of para-hydroxylation sites is 1. The molecule has 2 aromatic rings. The molecular formula is C19H26N4O2. The summed E-state index contributed by atoms with van der Waals surface area (Å²) in [6.45, 7) is 7.09. The van der Waals surface area contributed by atoms with Crippen molar-refractivity contribution in [1.82, 2.24) is 14.9 Å². The van der Waals surface area contributed by atoms with Crippen LogP contribution in [0.15, 0.2) is 30.6 Å². The van der Waals surface area contributed by atoms with Crippen LogP contribution in [0.2, 0.25) is 0 Å². The minimum atomic E-state index is -0.477. The number of nitrogens with one attached hydrogen (secondary N) is 1. The number of hydrogen-bond donors (Lipinski definition) is 1. The minimum absolute atomic E-state index is 0.109. The second kappa shape index (κ2) is 7.25. The van der Waals surface area contributed by atoms with Gasteiger partial charge in [0.25, 0.3) is 0 Å². The van der Waals surface area contributed by atoms with Gasteiger partial charge in [-0.15, -0.1) is 0 Å². The molecule has 134 valence electrons. The molecule has 1 aliphatic heterocycles. The van der Waals surface area contributed by atoms with Gasteiger partial charge in [0.05, 0.1) is 11.6 Å². The van der Waals surface area contributed by atoms with Crippen LogP contribution in [0.4, 0.5) is 10.6 Å². The number of amides is 1. The second-order valence-corrected chi connectivity index (χ2v) is 7.44. The number of carbonyl (C=O) groups is 1. The molecule has 1 aromatic heterocycles. The first-order chi connectivity index (χ1) is 11.9. The van der Waals surface area contributed by atoms with E-state index in [9.17, 15) is 4.79 Å². The van der Waals surface area contributed by atoms with Gasteiger partial charge in [0.2, 0.25) is 0 Å². The molecule has 1 fully saturated rings. The smallest absolute Gasteiger partial charge is 0.410 e. The van der Waals surface area contributed by atoms with E-state index in [0.29, 0.717) is 6.54 Å². The van der Waals surface area contributed by atoms with Crippen LogP contribution in [0.5, 0.6) is 0 Å². The lowest BCUT2D eigenvalue weighted by molar-refractivity contribution is 0.0114. The summed E-state index contributed by atoms with van der Waals surface area (Å²) in [6.07, 6.45) is 4.45. The molecule has 1 atom stereocenters. The van der Waals surface area contributed by atoms with Crippen LogP contribution < -0.4 is 5.32 Å². The molecule has 0 radical (unpaired) electrons. The molecular weight excluding hydrogens is 316 g/mol. The third-order valence-corrected chi connectivity index (χ3v) is 4.30. The van der Waals surface area contributed by atoms with Crippen molar-refractivity contribution < 1.29 is 9.53 Å². The molecule has 0 saturated carbocycles. The van der Waals surface area contributed by atoms with Crippen molar-refractivity contribution in [2.24, 2.45) is 0 Å². The normalized spacial score (nSPS) is 18.2. The highest BCUT2D eigenvalue weighted by molar-refractivity contribution is 5.88. The number of ether oxygens (including phenoxy) is 1. The van der Waals surface area contributed by atoms with Crippen LogP contribution in [0.1, 0.15) is 40.0 Å². The van der Waals surface area contributed by atoms with Gasteiger partial charge in [-0.25, -0.2) is 14.8 Å². The standard InChI is InChI=1S/C19H26N4O2/c1-19(2,3)25-18(24)23-11-7-6-8-14(23)12-20-17-15-9-4-5-10-16(15)21-13-22-17/h4-5,9-10,13-14H,6-8,11-12H2,1-3H3,(H,20,21,22). The van der Waals surface area contributed by atoms with E-state index in [4.69, 9.17) is 4.74 Å². The zero-order valence-electron chi connectivity index (χ0n) is 15.2. The number of anilines is 1. The topological polar surface area (TPSA) is 67.3 Å². The van der Waals surface area contributed by atoms with Gasteiger partial charge in [-0.2, -0.15) is 0 Å². The van der Waals surface area contributed by atoms with Crippen molar-refractivity contribution in [2.45, 2.75) is 51.7 Å². The van der Waals surface area contributed by atoms with Gasteiger partial charge in [-0.1, -0.05) is 12.1 Å². The monoisotopic (exact) mass is 342 g/mol. The molecule has 3 rings (SSSR count). The zero-order chi connectivity index (χ0) is 17.9. The maximum absolute atomic E-state index is 12.5. The molecule has 0 bridgehead atoms. The molecule has 1 unspecified atom stereocenters. The highest BCUT2D eigenvalue weighted by Gasteiger charge is 2.30. The Hall–Kier alpha value is -2.37. The van der Waals surface area contributed by atoms with Gasteiger partial charge in [-0.3, -0.25) is 0 Å². The summed E-state index contributed by atoms with van der Waals surface area (Å²) >= 11 is 0. The number of likely N-dealkylation sites (tertiary alicyclic amines) is 1. The van der Waals surface area contributed by atoms with Gasteiger partial charge in [0.1, 0.15) is 17.7 Å². The van der Waals surface area contributed by atoms with Crippen LogP contribution in [0.25, 0.3) is 10.9 Å². The first-order valence-electron chi connectivity index (χ1n) is 8.87. The van der Waals surface area contributed by atoms with Crippen molar-refractivity contribution in [3.8, 4) is 0 Å². The number of aromatic nitrogens is 2. The molecule has 6 nitrogen and oxygen atoms in total. The first kappa shape index (κ1) is 17.5. The van der Waals surface area contributed by atoms with E-state index < -0.39 is 5.60 Å². The Labute approximate surface area is 148 Å². The summed E-state index contributed by atoms with van der Waals surface area (Å²) in [6, 6.07) is 8.02. The van der Waals surface area contributed by atoms with Gasteiger partial charge < -0.3 is 15.0 Å². The van der Waals surface area contributed by atoms with E-state index in [1.54, 1.807) is 6.33 Å². The quantitative estimate of drug-likeness (QED) is 0.918. The molecule has 6 heteroatoms. The average Bonchev–Trinajstić information content (AvgIpc) is 2.58. The molecule has 0 aliphatic carbocycles. The molecule has 1 amide bonds. The average molecular weight is 342 g/mol. The lowest BCUT2D eigenvalue weighted by atomic mass is 10.0. The van der Waals surface area contributed by atoms with Gasteiger partial charge >= 0.3 is 6.09 Å². The van der Waals surface area contributed by atoms with Crippen LogP contribution >= 0.6 is 0 Å². The predicted molar refractivity (Wildman–Crippen MR) is 98.6 cm³/mol. The maximum atomic E-state index is 12.5. The fraction of sp³-hybridized carbons (Fsp3) is 0.526. The number of fused-ring (bicyclic) bond motifs is 1. The van der Waals surface area contributed by atoms with Crippen LogP contribution in [-0.4, -0.2) is 45.7 Å². The maximum Gasteiger partial charge on any atom is 0.410 e. The number of benzene rings is 1. The zero-order valence-corrected chi connectivity index (χ0v) is 15.2. The number of nitrogens with zero attached hydrogens (tertiary/aromatic N) is 3. The van der Waals surface area contributed by atoms with Gasteiger partial charge in [-0.05, 0) is 52.2 Å². The summed E-state index contributed by atoms with van der Waals surface area (Å²) in [7, 11) is 0. The lowest BCUT2D eigenvalue weighted by Gasteiger charge is -2.37. The molecule has 0 spiro atoms. The van der Waals surface area contributed by atoms with Crippen LogP contribution in [0.3, 0.4) is 0 Å². The molecule has 2 heterocycles. The summed E-state index contributed by atoms with van der Waals surface area (Å²) in [5.74, 6) is 0.806. The van der Waals surface area contributed by atoms with Gasteiger partial charge in [0.15, 0.2) is 0 Å². The summed E-state index contributed by atoms with van der Waals surface area (Å²) in [5.41, 5.74) is 0.433. The molecule has 1 N–H and O–H groups in total. The highest BCUT2D eigenvalue weighted by atomic mass is 16.6. The number of hydrogen-bond acceptors (Lipinski definition) is 5. The Morgan fingerprint density at radius 2 is 2.08 bits per heavy atom.